The van der Waals surface area contributed by atoms with Crippen LogP contribution < -0.4 is 24.4 Å². The molecule has 0 amide bonds. The molecular formula is C33H31ClN2O5S. The maximum absolute atomic E-state index is 13.9. The second kappa shape index (κ2) is 12.8. The van der Waals surface area contributed by atoms with Crippen LogP contribution in [0.5, 0.6) is 11.5 Å². The molecule has 0 bridgehead atoms. The van der Waals surface area contributed by atoms with Gasteiger partial charge in [-0.05, 0) is 75.2 Å². The molecule has 4 aromatic rings. The van der Waals surface area contributed by atoms with Crippen LogP contribution in [0, 0.1) is 0 Å². The van der Waals surface area contributed by atoms with Crippen LogP contribution in [0.1, 0.15) is 50.4 Å². The molecule has 5 rings (SSSR count). The van der Waals surface area contributed by atoms with Gasteiger partial charge in [0.25, 0.3) is 5.56 Å². The molecule has 1 aromatic heterocycles. The molecule has 216 valence electrons. The lowest BCUT2D eigenvalue weighted by Gasteiger charge is -2.25. The summed E-state index contributed by atoms with van der Waals surface area (Å²) in [6.07, 6.45) is 1.83. The maximum Gasteiger partial charge on any atom is 0.338 e. The highest BCUT2D eigenvalue weighted by Gasteiger charge is 2.33. The number of carbonyl (C=O) groups is 1. The zero-order valence-electron chi connectivity index (χ0n) is 23.8. The van der Waals surface area contributed by atoms with Gasteiger partial charge < -0.3 is 14.2 Å². The third-order valence-corrected chi connectivity index (χ3v) is 7.94. The van der Waals surface area contributed by atoms with Gasteiger partial charge in [-0.3, -0.25) is 9.36 Å². The van der Waals surface area contributed by atoms with Crippen molar-refractivity contribution in [2.45, 2.75) is 46.4 Å². The summed E-state index contributed by atoms with van der Waals surface area (Å²) in [4.78, 5) is 32.2. The minimum absolute atomic E-state index is 0.0193. The fourth-order valence-corrected chi connectivity index (χ4v) is 5.97. The monoisotopic (exact) mass is 602 g/mol. The van der Waals surface area contributed by atoms with Crippen LogP contribution in [-0.2, 0) is 16.1 Å². The van der Waals surface area contributed by atoms with E-state index in [0.717, 1.165) is 16.7 Å². The largest absolute Gasteiger partial charge is 0.491 e. The van der Waals surface area contributed by atoms with Gasteiger partial charge in [0.1, 0.15) is 18.1 Å². The smallest absolute Gasteiger partial charge is 0.338 e. The summed E-state index contributed by atoms with van der Waals surface area (Å²) in [6, 6.07) is 21.8. The number of fused-ring (bicyclic) bond motifs is 1. The molecule has 1 atom stereocenters. The SMILES string of the molecule is CCOC(=O)C1=C(C)N=c2s/c(=C/c3cccc(OCc4ccccc4Cl)c3)c(=O)n2[C@@H]1c1ccc(OC(C)C)cc1. The number of nitrogens with zero attached hydrogens (tertiary/aromatic N) is 2. The van der Waals surface area contributed by atoms with Gasteiger partial charge in [-0.15, -0.1) is 0 Å². The molecule has 0 saturated heterocycles. The van der Waals surface area contributed by atoms with Gasteiger partial charge in [0.15, 0.2) is 4.80 Å². The number of halogens is 1. The Morgan fingerprint density at radius 3 is 2.55 bits per heavy atom. The third kappa shape index (κ3) is 6.35. The summed E-state index contributed by atoms with van der Waals surface area (Å²) in [5.41, 5.74) is 3.04. The molecule has 0 unspecified atom stereocenters. The molecule has 0 radical (unpaired) electrons. The van der Waals surface area contributed by atoms with Crippen LogP contribution in [-0.4, -0.2) is 23.2 Å². The quantitative estimate of drug-likeness (QED) is 0.226. The van der Waals surface area contributed by atoms with Crippen molar-refractivity contribution in [3.63, 3.8) is 0 Å². The molecule has 0 spiro atoms. The molecule has 0 N–H and O–H groups in total. The fourth-order valence-electron chi connectivity index (χ4n) is 4.73. The van der Waals surface area contributed by atoms with Crippen molar-refractivity contribution < 1.29 is 19.0 Å². The minimum atomic E-state index is -0.694. The first-order valence-electron chi connectivity index (χ1n) is 13.7. The van der Waals surface area contributed by atoms with Gasteiger partial charge in [-0.2, -0.15) is 0 Å². The molecule has 9 heteroatoms. The molecule has 3 aromatic carbocycles. The highest BCUT2D eigenvalue weighted by atomic mass is 35.5. The predicted octanol–water partition coefficient (Wildman–Crippen LogP) is 5.82. The summed E-state index contributed by atoms with van der Waals surface area (Å²) in [7, 11) is 0. The molecule has 1 aliphatic rings. The molecule has 42 heavy (non-hydrogen) atoms. The lowest BCUT2D eigenvalue weighted by atomic mass is 9.96. The highest BCUT2D eigenvalue weighted by molar-refractivity contribution is 7.07. The van der Waals surface area contributed by atoms with Crippen LogP contribution in [0.25, 0.3) is 6.08 Å². The van der Waals surface area contributed by atoms with Crippen molar-refractivity contribution in [2.24, 2.45) is 4.99 Å². The number of ether oxygens (including phenoxy) is 3. The number of allylic oxidation sites excluding steroid dienone is 1. The lowest BCUT2D eigenvalue weighted by molar-refractivity contribution is -0.139. The van der Waals surface area contributed by atoms with E-state index < -0.39 is 12.0 Å². The van der Waals surface area contributed by atoms with Gasteiger partial charge in [-0.25, -0.2) is 9.79 Å². The second-order valence-corrected chi connectivity index (χ2v) is 11.4. The Kier molecular flexibility index (Phi) is 8.94. The number of aromatic nitrogens is 1. The van der Waals surface area contributed by atoms with Gasteiger partial charge in [0, 0.05) is 10.6 Å². The first-order chi connectivity index (χ1) is 20.2. The van der Waals surface area contributed by atoms with Crippen molar-refractivity contribution in [3.8, 4) is 11.5 Å². The Balaban J connectivity index is 1.53. The average Bonchev–Trinajstić information content (AvgIpc) is 3.26. The average molecular weight is 603 g/mol. The Morgan fingerprint density at radius 2 is 1.83 bits per heavy atom. The van der Waals surface area contributed by atoms with E-state index in [9.17, 15) is 9.59 Å². The number of rotatable bonds is 9. The van der Waals surface area contributed by atoms with Crippen LogP contribution >= 0.6 is 22.9 Å². The summed E-state index contributed by atoms with van der Waals surface area (Å²) in [6.45, 7) is 7.97. The zero-order valence-corrected chi connectivity index (χ0v) is 25.4. The van der Waals surface area contributed by atoms with Crippen molar-refractivity contribution in [3.05, 3.63) is 125 Å². The van der Waals surface area contributed by atoms with Gasteiger partial charge in [0.05, 0.1) is 34.6 Å². The van der Waals surface area contributed by atoms with E-state index in [1.54, 1.807) is 18.4 Å². The molecule has 2 heterocycles. The second-order valence-electron chi connectivity index (χ2n) is 9.99. The Morgan fingerprint density at radius 1 is 1.07 bits per heavy atom. The lowest BCUT2D eigenvalue weighted by Crippen LogP contribution is -2.39. The third-order valence-electron chi connectivity index (χ3n) is 6.59. The van der Waals surface area contributed by atoms with Crippen molar-refractivity contribution in [1.29, 1.82) is 0 Å². The zero-order chi connectivity index (χ0) is 29.8. The Hall–Kier alpha value is -4.14. The summed E-state index contributed by atoms with van der Waals surface area (Å²) in [5.74, 6) is 0.860. The molecule has 1 aliphatic heterocycles. The van der Waals surface area contributed by atoms with Crippen LogP contribution in [0.3, 0.4) is 0 Å². The van der Waals surface area contributed by atoms with Crippen LogP contribution in [0.15, 0.2) is 93.9 Å². The number of thiazole rings is 1. The summed E-state index contributed by atoms with van der Waals surface area (Å²) in [5, 5.41) is 0.642. The topological polar surface area (TPSA) is 79.1 Å². The normalized spacial score (nSPS) is 14.9. The number of hydrogen-bond acceptors (Lipinski definition) is 7. The van der Waals surface area contributed by atoms with E-state index in [-0.39, 0.29) is 18.3 Å². The summed E-state index contributed by atoms with van der Waals surface area (Å²) < 4.78 is 19.2. The van der Waals surface area contributed by atoms with E-state index in [1.807, 2.05) is 92.7 Å². The van der Waals surface area contributed by atoms with E-state index in [1.165, 1.54) is 11.3 Å². The predicted molar refractivity (Wildman–Crippen MR) is 165 cm³/mol. The van der Waals surface area contributed by atoms with Crippen molar-refractivity contribution in [2.75, 3.05) is 6.61 Å². The molecule has 0 aliphatic carbocycles. The number of hydrogen-bond donors (Lipinski definition) is 0. The standard InChI is InChI=1S/C33H31ClN2O5S/c1-5-39-32(38)29-21(4)35-33-36(30(29)23-13-15-25(16-14-23)41-20(2)3)31(37)28(42-33)18-22-9-8-11-26(17-22)40-19-24-10-6-7-12-27(24)34/h6-18,20,30H,5,19H2,1-4H3/b28-18+/t30-/m1/s1. The van der Waals surface area contributed by atoms with Gasteiger partial charge in [-0.1, -0.05) is 65.4 Å². The van der Waals surface area contributed by atoms with Gasteiger partial charge >= 0.3 is 5.97 Å². The first kappa shape index (κ1) is 29.4. The molecule has 0 fully saturated rings. The fraction of sp³-hybridized carbons (Fsp3) is 0.242. The molecule has 0 saturated carbocycles. The molecule has 7 nitrogen and oxygen atoms in total. The first-order valence-corrected chi connectivity index (χ1v) is 14.9. The Labute approximate surface area is 253 Å². The Bertz CT molecular complexity index is 1820. The van der Waals surface area contributed by atoms with Crippen molar-refractivity contribution >= 4 is 35.0 Å². The number of benzene rings is 3. The number of esters is 1. The van der Waals surface area contributed by atoms with E-state index in [4.69, 9.17) is 25.8 Å². The highest BCUT2D eigenvalue weighted by Crippen LogP contribution is 2.32. The van der Waals surface area contributed by atoms with Crippen LogP contribution in [0.4, 0.5) is 0 Å². The van der Waals surface area contributed by atoms with E-state index in [2.05, 4.69) is 4.99 Å². The van der Waals surface area contributed by atoms with E-state index >= 15 is 0 Å². The van der Waals surface area contributed by atoms with Crippen molar-refractivity contribution in [1.82, 2.24) is 4.57 Å². The van der Waals surface area contributed by atoms with Crippen LogP contribution in [0.2, 0.25) is 5.02 Å². The number of carbonyl (C=O) groups excluding carboxylic acids is 1. The van der Waals surface area contributed by atoms with E-state index in [0.29, 0.717) is 43.7 Å². The van der Waals surface area contributed by atoms with Gasteiger partial charge in [0.2, 0.25) is 0 Å². The maximum atomic E-state index is 13.9. The summed E-state index contributed by atoms with van der Waals surface area (Å²) >= 11 is 7.54. The molecular weight excluding hydrogens is 572 g/mol. The minimum Gasteiger partial charge on any atom is -0.491 e.